The second-order valence-corrected chi connectivity index (χ2v) is 9.33. The number of halogens is 5. The largest absolute Gasteiger partial charge is 0.483 e. The van der Waals surface area contributed by atoms with Crippen molar-refractivity contribution in [3.05, 3.63) is 23.7 Å². The zero-order valence-corrected chi connectivity index (χ0v) is 18.1. The van der Waals surface area contributed by atoms with Crippen LogP contribution in [0.15, 0.2) is 16.7 Å². The van der Waals surface area contributed by atoms with E-state index in [1.54, 1.807) is 13.8 Å². The Labute approximate surface area is 189 Å². The van der Waals surface area contributed by atoms with Gasteiger partial charge in [-0.05, 0) is 43.7 Å². The third-order valence-corrected chi connectivity index (χ3v) is 7.23. The Kier molecular flexibility index (Phi) is 4.20. The Morgan fingerprint density at radius 2 is 1.97 bits per heavy atom. The molecule has 3 aromatic rings. The lowest BCUT2D eigenvalue weighted by molar-refractivity contribution is -0.289. The predicted octanol–water partition coefficient (Wildman–Crippen LogP) is 3.24. The zero-order chi connectivity index (χ0) is 24.0. The third kappa shape index (κ3) is 3.03. The lowest BCUT2D eigenvalue weighted by Gasteiger charge is -2.38. The maximum absolute atomic E-state index is 13.3. The molecular weight excluding hydrogens is 465 g/mol. The molecule has 4 atom stereocenters. The number of fused-ring (bicyclic) bond motifs is 1. The maximum Gasteiger partial charge on any atom is 0.456 e. The first-order valence-electron chi connectivity index (χ1n) is 10.7. The number of alkyl halides is 5. The van der Waals surface area contributed by atoms with E-state index < -0.39 is 18.7 Å². The van der Waals surface area contributed by atoms with Gasteiger partial charge in [-0.1, -0.05) is 5.16 Å². The SMILES string of the molecule is Cc1noc(N2C[C@H]3[C@H](Nc4nc5c(OCC(F)(F)C(F)(F)F)ccc(C)n5n4)[C@@H]4CC34C2)n1. The van der Waals surface area contributed by atoms with Crippen molar-refractivity contribution >= 4 is 17.6 Å². The molecule has 3 fully saturated rings. The minimum absolute atomic E-state index is 0.0660. The summed E-state index contributed by atoms with van der Waals surface area (Å²) >= 11 is 0. The Bertz CT molecular complexity index is 1270. The summed E-state index contributed by atoms with van der Waals surface area (Å²) in [5, 5.41) is 11.6. The molecule has 1 unspecified atom stereocenters. The highest BCUT2D eigenvalue weighted by Gasteiger charge is 2.77. The summed E-state index contributed by atoms with van der Waals surface area (Å²) < 4.78 is 75.7. The van der Waals surface area contributed by atoms with E-state index in [0.717, 1.165) is 19.5 Å². The van der Waals surface area contributed by atoms with Gasteiger partial charge in [0.25, 0.3) is 0 Å². The normalized spacial score (nSPS) is 28.0. The molecule has 2 saturated carbocycles. The van der Waals surface area contributed by atoms with Crippen LogP contribution in [-0.2, 0) is 0 Å². The summed E-state index contributed by atoms with van der Waals surface area (Å²) in [5.74, 6) is -3.60. The highest BCUT2D eigenvalue weighted by Crippen LogP contribution is 2.74. The molecule has 182 valence electrons. The number of anilines is 2. The first-order chi connectivity index (χ1) is 16.0. The number of pyridine rings is 1. The predicted molar refractivity (Wildman–Crippen MR) is 107 cm³/mol. The lowest BCUT2D eigenvalue weighted by Crippen LogP contribution is -2.47. The van der Waals surface area contributed by atoms with Gasteiger partial charge in [-0.15, -0.1) is 5.10 Å². The Hall–Kier alpha value is -3.19. The molecule has 0 bridgehead atoms. The average molecular weight is 485 g/mol. The van der Waals surface area contributed by atoms with Gasteiger partial charge in [0.15, 0.2) is 23.8 Å². The molecule has 0 aromatic carbocycles. The number of aryl methyl sites for hydroxylation is 2. The Balaban J connectivity index is 1.20. The average Bonchev–Trinajstić information content (AvgIpc) is 3.12. The molecule has 1 saturated heterocycles. The van der Waals surface area contributed by atoms with Crippen LogP contribution < -0.4 is 15.0 Å². The van der Waals surface area contributed by atoms with Crippen LogP contribution in [0, 0.1) is 31.1 Å². The van der Waals surface area contributed by atoms with E-state index in [0.29, 0.717) is 29.4 Å². The number of rotatable bonds is 6. The van der Waals surface area contributed by atoms with E-state index in [4.69, 9.17) is 9.26 Å². The highest BCUT2D eigenvalue weighted by molar-refractivity contribution is 5.57. The quantitative estimate of drug-likeness (QED) is 0.532. The summed E-state index contributed by atoms with van der Waals surface area (Å²) in [5.41, 5.74) is 0.891. The molecule has 14 heteroatoms. The molecule has 3 aliphatic rings. The van der Waals surface area contributed by atoms with Crippen molar-refractivity contribution in [1.29, 1.82) is 0 Å². The Morgan fingerprint density at radius 3 is 2.68 bits per heavy atom. The van der Waals surface area contributed by atoms with Gasteiger partial charge in [-0.25, -0.2) is 4.52 Å². The van der Waals surface area contributed by atoms with E-state index in [-0.39, 0.29) is 28.8 Å². The fourth-order valence-corrected chi connectivity index (χ4v) is 5.43. The van der Waals surface area contributed by atoms with Gasteiger partial charge < -0.3 is 19.5 Å². The number of hydrogen-bond acceptors (Lipinski definition) is 8. The monoisotopic (exact) mass is 485 g/mol. The van der Waals surface area contributed by atoms with Crippen molar-refractivity contribution < 1.29 is 31.2 Å². The standard InChI is InChI=1S/C20H20F5N7O2/c1-9-3-4-13(33-8-19(21,22)20(23,24)25)15-28-16(29-32(9)15)27-14-11-5-18(11)7-31(6-12(14)18)17-26-10(2)30-34-17/h3-4,11-12,14H,5-8H2,1-2H3,(H,27,29)/t11-,12-,14+,18?/m0/s1. The number of aromatic nitrogens is 5. The summed E-state index contributed by atoms with van der Waals surface area (Å²) in [6, 6.07) is 3.44. The van der Waals surface area contributed by atoms with Gasteiger partial charge in [-0.2, -0.15) is 31.9 Å². The van der Waals surface area contributed by atoms with E-state index in [1.807, 2.05) is 0 Å². The number of ether oxygens (including phenoxy) is 1. The minimum Gasteiger partial charge on any atom is -0.483 e. The van der Waals surface area contributed by atoms with E-state index in [9.17, 15) is 22.0 Å². The molecule has 6 rings (SSSR count). The molecule has 0 radical (unpaired) electrons. The van der Waals surface area contributed by atoms with Crippen LogP contribution in [0.25, 0.3) is 5.65 Å². The van der Waals surface area contributed by atoms with Crippen molar-refractivity contribution in [3.63, 3.8) is 0 Å². The van der Waals surface area contributed by atoms with Gasteiger partial charge in [-0.3, -0.25) is 0 Å². The fraction of sp³-hybridized carbons (Fsp3) is 0.600. The summed E-state index contributed by atoms with van der Waals surface area (Å²) in [4.78, 5) is 10.7. The lowest BCUT2D eigenvalue weighted by atomic mass is 9.71. The van der Waals surface area contributed by atoms with Gasteiger partial charge in [0.05, 0.1) is 0 Å². The summed E-state index contributed by atoms with van der Waals surface area (Å²) in [7, 11) is 0. The van der Waals surface area contributed by atoms with Crippen molar-refractivity contribution in [2.24, 2.45) is 17.3 Å². The minimum atomic E-state index is -5.70. The van der Waals surface area contributed by atoms with Crippen LogP contribution in [0.3, 0.4) is 0 Å². The number of nitrogens with one attached hydrogen (secondary N) is 1. The second kappa shape index (κ2) is 6.69. The van der Waals surface area contributed by atoms with Crippen molar-refractivity contribution in [2.45, 2.75) is 38.4 Å². The summed E-state index contributed by atoms with van der Waals surface area (Å²) in [6.07, 6.45) is -4.66. The van der Waals surface area contributed by atoms with E-state index >= 15 is 0 Å². The fourth-order valence-electron chi connectivity index (χ4n) is 5.43. The molecule has 34 heavy (non-hydrogen) atoms. The molecule has 4 heterocycles. The Morgan fingerprint density at radius 1 is 1.18 bits per heavy atom. The third-order valence-electron chi connectivity index (χ3n) is 7.23. The van der Waals surface area contributed by atoms with Crippen LogP contribution in [0.5, 0.6) is 5.75 Å². The van der Waals surface area contributed by atoms with E-state index in [1.165, 1.54) is 16.6 Å². The highest BCUT2D eigenvalue weighted by atomic mass is 19.4. The van der Waals surface area contributed by atoms with Gasteiger partial charge in [0.1, 0.15) is 0 Å². The molecule has 3 aromatic heterocycles. The van der Waals surface area contributed by atoms with E-state index in [2.05, 4.69) is 30.4 Å². The number of nitrogens with zero attached hydrogens (tertiary/aromatic N) is 6. The second-order valence-electron chi connectivity index (χ2n) is 9.33. The molecule has 1 spiro atoms. The van der Waals surface area contributed by atoms with Crippen molar-refractivity contribution in [3.8, 4) is 5.75 Å². The van der Waals surface area contributed by atoms with Gasteiger partial charge in [0, 0.05) is 30.7 Å². The van der Waals surface area contributed by atoms with Crippen LogP contribution in [0.2, 0.25) is 0 Å². The topological polar surface area (TPSA) is 93.6 Å². The van der Waals surface area contributed by atoms with Crippen LogP contribution in [-0.4, -0.2) is 62.6 Å². The van der Waals surface area contributed by atoms with Gasteiger partial charge in [0.2, 0.25) is 5.95 Å². The summed E-state index contributed by atoms with van der Waals surface area (Å²) in [6.45, 7) is 3.22. The molecule has 1 aliphatic heterocycles. The zero-order valence-electron chi connectivity index (χ0n) is 18.1. The van der Waals surface area contributed by atoms with Gasteiger partial charge >= 0.3 is 18.1 Å². The van der Waals surface area contributed by atoms with Crippen LogP contribution in [0.4, 0.5) is 33.9 Å². The first kappa shape index (κ1) is 21.4. The van der Waals surface area contributed by atoms with Crippen molar-refractivity contribution in [1.82, 2.24) is 24.7 Å². The smallest absolute Gasteiger partial charge is 0.456 e. The maximum atomic E-state index is 13.3. The molecular formula is C20H20F5N7O2. The molecule has 0 amide bonds. The number of hydrogen-bond donors (Lipinski definition) is 1. The molecule has 9 nitrogen and oxygen atoms in total. The molecule has 1 N–H and O–H groups in total. The van der Waals surface area contributed by atoms with Crippen LogP contribution >= 0.6 is 0 Å². The van der Waals surface area contributed by atoms with Crippen LogP contribution in [0.1, 0.15) is 17.9 Å². The first-order valence-corrected chi connectivity index (χ1v) is 10.7. The van der Waals surface area contributed by atoms with Crippen molar-refractivity contribution in [2.75, 3.05) is 29.9 Å². The molecule has 2 aliphatic carbocycles.